The molecule has 1 unspecified atom stereocenters. The molecular weight excluding hydrogens is 182 g/mol. The normalized spacial score (nSPS) is 30.5. The third kappa shape index (κ3) is 1.32. The predicted octanol–water partition coefficient (Wildman–Crippen LogP) is 0.304. The van der Waals surface area contributed by atoms with Gasteiger partial charge in [0.2, 0.25) is 11.7 Å². The maximum Gasteiger partial charge on any atom is 0.221 e. The predicted molar refractivity (Wildman–Crippen MR) is 49.3 cm³/mol. The quantitative estimate of drug-likeness (QED) is 0.651. The van der Waals surface area contributed by atoms with Crippen LogP contribution in [0.3, 0.4) is 0 Å². The van der Waals surface area contributed by atoms with Gasteiger partial charge in [0, 0.05) is 6.42 Å². The lowest BCUT2D eigenvalue weighted by Gasteiger charge is -2.24. The zero-order valence-corrected chi connectivity index (χ0v) is 7.87. The van der Waals surface area contributed by atoms with Gasteiger partial charge in [-0.2, -0.15) is 0 Å². The Balaban J connectivity index is 2.31. The smallest absolute Gasteiger partial charge is 0.221 e. The maximum absolute atomic E-state index is 11.3. The average molecular weight is 193 g/mol. The van der Waals surface area contributed by atoms with Gasteiger partial charge in [0.05, 0.1) is 12.6 Å². The number of nitrogens with one attached hydrogen (secondary N) is 1. The fourth-order valence-electron chi connectivity index (χ4n) is 1.76. The van der Waals surface area contributed by atoms with Crippen LogP contribution in [-0.4, -0.2) is 24.3 Å². The van der Waals surface area contributed by atoms with Gasteiger partial charge in [0.15, 0.2) is 5.76 Å². The molecule has 2 rings (SSSR count). The molecule has 1 saturated heterocycles. The Morgan fingerprint density at radius 3 is 2.86 bits per heavy atom. The van der Waals surface area contributed by atoms with Crippen molar-refractivity contribution in [2.75, 3.05) is 7.11 Å². The summed E-state index contributed by atoms with van der Waals surface area (Å²) in [4.78, 5) is 22.3. The number of allylic oxidation sites excluding steroid dienone is 1. The van der Waals surface area contributed by atoms with Crippen molar-refractivity contribution in [1.29, 1.82) is 0 Å². The van der Waals surface area contributed by atoms with Crippen LogP contribution in [0, 0.1) is 0 Å². The second-order valence-corrected chi connectivity index (χ2v) is 3.50. The summed E-state index contributed by atoms with van der Waals surface area (Å²) in [6.45, 7) is 0. The summed E-state index contributed by atoms with van der Waals surface area (Å²) in [6, 6.07) is 0. The van der Waals surface area contributed by atoms with Gasteiger partial charge in [0.1, 0.15) is 0 Å². The second-order valence-electron chi connectivity index (χ2n) is 3.50. The average Bonchev–Trinajstić information content (AvgIpc) is 2.53. The van der Waals surface area contributed by atoms with Gasteiger partial charge in [-0.3, -0.25) is 9.59 Å². The van der Waals surface area contributed by atoms with E-state index in [4.69, 9.17) is 4.74 Å². The van der Waals surface area contributed by atoms with E-state index < -0.39 is 5.54 Å². The fourth-order valence-corrected chi connectivity index (χ4v) is 1.76. The highest BCUT2D eigenvalue weighted by atomic mass is 16.5. The van der Waals surface area contributed by atoms with Crippen LogP contribution in [0.5, 0.6) is 0 Å². The number of ketones is 1. The standard InChI is InChI=1S/C10H11NO3/c1-14-8-6-10(4-2-7(8)12)5-3-9(13)11-10/h2,4,6H,3,5H2,1H3,(H,11,13). The molecule has 0 bridgehead atoms. The van der Waals surface area contributed by atoms with E-state index in [1.807, 2.05) is 0 Å². The Morgan fingerprint density at radius 1 is 1.50 bits per heavy atom. The number of rotatable bonds is 1. The van der Waals surface area contributed by atoms with Gasteiger partial charge in [-0.1, -0.05) is 6.08 Å². The van der Waals surface area contributed by atoms with Crippen molar-refractivity contribution in [2.24, 2.45) is 0 Å². The van der Waals surface area contributed by atoms with E-state index in [0.717, 1.165) is 0 Å². The van der Waals surface area contributed by atoms with Crippen LogP contribution in [0.1, 0.15) is 12.8 Å². The highest BCUT2D eigenvalue weighted by Crippen LogP contribution is 2.28. The molecule has 1 N–H and O–H groups in total. The van der Waals surface area contributed by atoms with E-state index in [1.54, 1.807) is 12.2 Å². The first-order chi connectivity index (χ1) is 6.65. The summed E-state index contributed by atoms with van der Waals surface area (Å²) in [7, 11) is 1.45. The molecule has 1 heterocycles. The van der Waals surface area contributed by atoms with Crippen molar-refractivity contribution in [3.63, 3.8) is 0 Å². The summed E-state index contributed by atoms with van der Waals surface area (Å²) in [5.74, 6) is 0.157. The fraction of sp³-hybridized carbons (Fsp3) is 0.400. The van der Waals surface area contributed by atoms with E-state index in [2.05, 4.69) is 5.32 Å². The minimum Gasteiger partial charge on any atom is -0.493 e. The largest absolute Gasteiger partial charge is 0.493 e. The molecule has 14 heavy (non-hydrogen) atoms. The van der Waals surface area contributed by atoms with Crippen LogP contribution in [0.2, 0.25) is 0 Å². The van der Waals surface area contributed by atoms with Crippen LogP contribution in [0.25, 0.3) is 0 Å². The van der Waals surface area contributed by atoms with Crippen molar-refractivity contribution < 1.29 is 14.3 Å². The van der Waals surface area contributed by atoms with Gasteiger partial charge in [-0.05, 0) is 18.6 Å². The minimum absolute atomic E-state index is 0.00991. The second kappa shape index (κ2) is 2.97. The number of carbonyl (C=O) groups excluding carboxylic acids is 2. The highest BCUT2D eigenvalue weighted by Gasteiger charge is 2.37. The van der Waals surface area contributed by atoms with E-state index in [-0.39, 0.29) is 11.7 Å². The third-order valence-corrected chi connectivity index (χ3v) is 2.52. The van der Waals surface area contributed by atoms with Crippen LogP contribution in [-0.2, 0) is 14.3 Å². The molecule has 1 spiro atoms. The van der Waals surface area contributed by atoms with E-state index in [1.165, 1.54) is 13.2 Å². The number of ether oxygens (including phenoxy) is 1. The highest BCUT2D eigenvalue weighted by molar-refractivity contribution is 6.04. The summed E-state index contributed by atoms with van der Waals surface area (Å²) < 4.78 is 4.93. The van der Waals surface area contributed by atoms with Crippen LogP contribution >= 0.6 is 0 Å². The van der Waals surface area contributed by atoms with Gasteiger partial charge in [0.25, 0.3) is 0 Å². The molecule has 1 amide bonds. The monoisotopic (exact) mass is 193 g/mol. The summed E-state index contributed by atoms with van der Waals surface area (Å²) in [5.41, 5.74) is -0.490. The van der Waals surface area contributed by atoms with Crippen LogP contribution in [0.4, 0.5) is 0 Å². The molecule has 4 nitrogen and oxygen atoms in total. The zero-order chi connectivity index (χ0) is 10.2. The van der Waals surface area contributed by atoms with Crippen molar-refractivity contribution >= 4 is 11.7 Å². The zero-order valence-electron chi connectivity index (χ0n) is 7.87. The van der Waals surface area contributed by atoms with Crippen LogP contribution < -0.4 is 5.32 Å². The lowest BCUT2D eigenvalue weighted by Crippen LogP contribution is -2.40. The number of carbonyl (C=O) groups is 2. The van der Waals surface area contributed by atoms with Crippen LogP contribution in [0.15, 0.2) is 24.0 Å². The molecule has 0 aromatic rings. The van der Waals surface area contributed by atoms with Crippen molar-refractivity contribution in [3.05, 3.63) is 24.0 Å². The Bertz CT molecular complexity index is 356. The Morgan fingerprint density at radius 2 is 2.29 bits per heavy atom. The van der Waals surface area contributed by atoms with E-state index in [9.17, 15) is 9.59 Å². The number of amides is 1. The topological polar surface area (TPSA) is 55.4 Å². The SMILES string of the molecule is COC1=CC2(C=CC1=O)CCC(=O)N2. The van der Waals surface area contributed by atoms with Crippen molar-refractivity contribution in [3.8, 4) is 0 Å². The van der Waals surface area contributed by atoms with Crippen molar-refractivity contribution in [1.82, 2.24) is 5.32 Å². The molecule has 74 valence electrons. The molecule has 1 fully saturated rings. The molecular formula is C10H11NO3. The van der Waals surface area contributed by atoms with Gasteiger partial charge in [-0.15, -0.1) is 0 Å². The Kier molecular flexibility index (Phi) is 1.91. The maximum atomic E-state index is 11.3. The summed E-state index contributed by atoms with van der Waals surface area (Å²) in [5, 5.41) is 2.82. The third-order valence-electron chi connectivity index (χ3n) is 2.52. The summed E-state index contributed by atoms with van der Waals surface area (Å²) in [6.07, 6.45) is 6.03. The van der Waals surface area contributed by atoms with Crippen molar-refractivity contribution in [2.45, 2.75) is 18.4 Å². The van der Waals surface area contributed by atoms with Gasteiger partial charge < -0.3 is 10.1 Å². The Labute approximate surface area is 81.6 Å². The van der Waals surface area contributed by atoms with E-state index in [0.29, 0.717) is 18.6 Å². The molecule has 2 aliphatic rings. The van der Waals surface area contributed by atoms with E-state index >= 15 is 0 Å². The number of methoxy groups -OCH3 is 1. The molecule has 1 atom stereocenters. The molecule has 0 saturated carbocycles. The van der Waals surface area contributed by atoms with Gasteiger partial charge in [-0.25, -0.2) is 0 Å². The molecule has 4 heteroatoms. The molecule has 1 aliphatic heterocycles. The molecule has 0 aromatic carbocycles. The first kappa shape index (κ1) is 8.99. The first-order valence-electron chi connectivity index (χ1n) is 4.47. The first-order valence-corrected chi connectivity index (χ1v) is 4.47. The molecule has 1 aliphatic carbocycles. The van der Waals surface area contributed by atoms with Gasteiger partial charge >= 0.3 is 0 Å². The molecule has 0 radical (unpaired) electrons. The minimum atomic E-state index is -0.490. The number of hydrogen-bond acceptors (Lipinski definition) is 3. The lowest BCUT2D eigenvalue weighted by atomic mass is 9.91. The Hall–Kier alpha value is -1.58. The molecule has 0 aromatic heterocycles. The summed E-state index contributed by atoms with van der Waals surface area (Å²) >= 11 is 0. The lowest BCUT2D eigenvalue weighted by molar-refractivity contribution is -0.119. The number of hydrogen-bond donors (Lipinski definition) is 1.